The van der Waals surface area contributed by atoms with Crippen LogP contribution in [-0.2, 0) is 19.5 Å². The molecule has 0 radical (unpaired) electrons. The van der Waals surface area contributed by atoms with E-state index < -0.39 is 21.9 Å². The van der Waals surface area contributed by atoms with Crippen LogP contribution < -0.4 is 15.8 Å². The lowest BCUT2D eigenvalue weighted by Gasteiger charge is -2.11. The molecule has 5 N–H and O–H groups in total. The molecule has 2 heterocycles. The molecule has 4 atom stereocenters. The van der Waals surface area contributed by atoms with E-state index in [4.69, 9.17) is 22.4 Å². The molecule has 0 bridgehead atoms. The number of halogens is 1. The summed E-state index contributed by atoms with van der Waals surface area (Å²) < 4.78 is 18.5. The minimum Gasteiger partial charge on any atom is -0.392 e. The molecule has 1 saturated heterocycles. The van der Waals surface area contributed by atoms with Gasteiger partial charge in [0.05, 0.1) is 17.2 Å². The molecule has 27 heavy (non-hydrogen) atoms. The Hall–Kier alpha value is -1.04. The number of amides is 2. The minimum absolute atomic E-state index is 0.0880. The number of carbonyl (C=O) groups excluding carboxylic acids is 2. The monoisotopic (exact) mass is 438 g/mol. The second-order valence-electron chi connectivity index (χ2n) is 6.71. The highest BCUT2D eigenvalue weighted by Gasteiger charge is 2.21. The molecule has 1 aliphatic rings. The molecule has 2 rings (SSSR count). The fourth-order valence-corrected chi connectivity index (χ4v) is 5.20. The van der Waals surface area contributed by atoms with Gasteiger partial charge in [-0.05, 0) is 31.7 Å². The molecule has 1 unspecified atom stereocenters. The Morgan fingerprint density at radius 1 is 1.63 bits per heavy atom. The Morgan fingerprint density at radius 3 is 2.67 bits per heavy atom. The van der Waals surface area contributed by atoms with Crippen molar-refractivity contribution in [1.29, 1.82) is 0 Å². The van der Waals surface area contributed by atoms with Gasteiger partial charge in [0.2, 0.25) is 6.41 Å². The van der Waals surface area contributed by atoms with Gasteiger partial charge in [-0.2, -0.15) is 0 Å². The van der Waals surface area contributed by atoms with Crippen molar-refractivity contribution in [3.05, 3.63) is 16.5 Å². The molecule has 0 spiro atoms. The number of nitrogens with one attached hydrogen (secondary N) is 2. The zero-order valence-corrected chi connectivity index (χ0v) is 17.9. The molecule has 1 aliphatic heterocycles. The maximum absolute atomic E-state index is 12.6. The first-order chi connectivity index (χ1) is 12.6. The minimum atomic E-state index is -3.37. The molecule has 1 aromatic heterocycles. The van der Waals surface area contributed by atoms with Crippen molar-refractivity contribution in [1.82, 2.24) is 10.0 Å². The molecular formula is C16H27ClN4O4S2. The standard InChI is InChI=1S/C11H16ClN3O3S2.C5H11NO/c1-7(2)3-9(13)11(17)15-20(18,14-6-16)10-4-8(12)5-19-10;1-4-2-5(7)3-6-4/h4-7,9H,3,13H2,1-2H3,(H,14,15,16,17,18);4-7H,2-3H2,1H3/t9-,20?;4-,5+/m01/s1. The van der Waals surface area contributed by atoms with Crippen molar-refractivity contribution in [2.45, 2.75) is 56.0 Å². The number of rotatable bonds is 6. The largest absolute Gasteiger partial charge is 0.392 e. The number of aliphatic hydroxyl groups excluding tert-OH is 1. The summed E-state index contributed by atoms with van der Waals surface area (Å²) in [4.78, 5) is 22.5. The Labute approximate surface area is 169 Å². The van der Waals surface area contributed by atoms with E-state index in [0.717, 1.165) is 24.3 Å². The lowest BCUT2D eigenvalue weighted by atomic mass is 10.0. The fraction of sp³-hybridized carbons (Fsp3) is 0.625. The maximum Gasteiger partial charge on any atom is 0.272 e. The summed E-state index contributed by atoms with van der Waals surface area (Å²) in [5, 5.41) is 13.9. The van der Waals surface area contributed by atoms with Gasteiger partial charge in [0.1, 0.15) is 4.21 Å². The molecule has 0 aromatic carbocycles. The highest BCUT2D eigenvalue weighted by molar-refractivity contribution is 7.94. The van der Waals surface area contributed by atoms with Crippen LogP contribution >= 0.6 is 22.9 Å². The van der Waals surface area contributed by atoms with Crippen LogP contribution in [0.4, 0.5) is 0 Å². The average molecular weight is 439 g/mol. The van der Waals surface area contributed by atoms with Crippen LogP contribution in [0.2, 0.25) is 5.02 Å². The van der Waals surface area contributed by atoms with Crippen molar-refractivity contribution in [2.75, 3.05) is 6.54 Å². The highest BCUT2D eigenvalue weighted by atomic mass is 35.5. The highest BCUT2D eigenvalue weighted by Crippen LogP contribution is 2.25. The average Bonchev–Trinajstić information content (AvgIpc) is 3.15. The summed E-state index contributed by atoms with van der Waals surface area (Å²) in [5.74, 6) is -0.502. The molecule has 0 aliphatic carbocycles. The maximum atomic E-state index is 12.6. The van der Waals surface area contributed by atoms with E-state index >= 15 is 0 Å². The predicted molar refractivity (Wildman–Crippen MR) is 108 cm³/mol. The third-order valence-corrected chi connectivity index (χ3v) is 7.16. The summed E-state index contributed by atoms with van der Waals surface area (Å²) in [5.41, 5.74) is 5.70. The Kier molecular flexibility index (Phi) is 9.85. The first-order valence-electron chi connectivity index (χ1n) is 8.50. The number of thiophene rings is 1. The molecule has 2 amide bonds. The van der Waals surface area contributed by atoms with Gasteiger partial charge in [0.25, 0.3) is 5.91 Å². The van der Waals surface area contributed by atoms with Crippen molar-refractivity contribution in [3.8, 4) is 0 Å². The lowest BCUT2D eigenvalue weighted by Crippen LogP contribution is -2.33. The Bertz CT molecular complexity index is 739. The van der Waals surface area contributed by atoms with E-state index in [9.17, 15) is 13.8 Å². The van der Waals surface area contributed by atoms with Gasteiger partial charge in [0.15, 0.2) is 9.92 Å². The molecule has 11 heteroatoms. The van der Waals surface area contributed by atoms with Gasteiger partial charge in [-0.25, -0.2) is 4.21 Å². The number of nitrogens with two attached hydrogens (primary N) is 1. The molecule has 8 nitrogen and oxygen atoms in total. The van der Waals surface area contributed by atoms with Gasteiger partial charge in [-0.3, -0.25) is 14.3 Å². The van der Waals surface area contributed by atoms with Crippen LogP contribution in [0, 0.1) is 5.92 Å². The first-order valence-corrected chi connectivity index (χ1v) is 11.3. The number of hydrogen-bond acceptors (Lipinski definition) is 7. The summed E-state index contributed by atoms with van der Waals surface area (Å²) in [6.07, 6.45) is 1.49. The van der Waals surface area contributed by atoms with Crippen LogP contribution in [0.15, 0.2) is 20.0 Å². The van der Waals surface area contributed by atoms with E-state index in [2.05, 4.69) is 21.3 Å². The van der Waals surface area contributed by atoms with Gasteiger partial charge >= 0.3 is 0 Å². The van der Waals surface area contributed by atoms with Crippen LogP contribution in [-0.4, -0.2) is 46.4 Å². The van der Waals surface area contributed by atoms with E-state index in [1.54, 1.807) is 0 Å². The normalized spacial score (nSPS) is 22.3. The first kappa shape index (κ1) is 24.0. The zero-order chi connectivity index (χ0) is 20.6. The number of hydrogen-bond donors (Lipinski definition) is 4. The van der Waals surface area contributed by atoms with Crippen molar-refractivity contribution in [3.63, 3.8) is 0 Å². The number of nitrogens with zero attached hydrogens (tertiary/aromatic N) is 1. The third-order valence-electron chi connectivity index (χ3n) is 3.61. The molecular weight excluding hydrogens is 412 g/mol. The van der Waals surface area contributed by atoms with Crippen LogP contribution in [0.25, 0.3) is 0 Å². The second-order valence-corrected chi connectivity index (χ2v) is 10.2. The summed E-state index contributed by atoms with van der Waals surface area (Å²) in [6, 6.07) is 1.07. The van der Waals surface area contributed by atoms with Crippen molar-refractivity contribution in [2.24, 2.45) is 16.0 Å². The number of carbonyl (C=O) groups is 2. The summed E-state index contributed by atoms with van der Waals surface area (Å²) in [6.45, 7) is 6.68. The van der Waals surface area contributed by atoms with Crippen LogP contribution in [0.3, 0.4) is 0 Å². The smallest absolute Gasteiger partial charge is 0.272 e. The van der Waals surface area contributed by atoms with Gasteiger partial charge in [-0.15, -0.1) is 15.7 Å². The Balaban J connectivity index is 0.000000433. The summed E-state index contributed by atoms with van der Waals surface area (Å²) >= 11 is 6.80. The molecule has 1 fully saturated rings. The van der Waals surface area contributed by atoms with Crippen LogP contribution in [0.1, 0.15) is 33.6 Å². The number of β-amino-alcohol motifs (C(OH)–C–C–N with tert-alkyl or cyclic N) is 1. The lowest BCUT2D eigenvalue weighted by molar-refractivity contribution is -0.119. The van der Waals surface area contributed by atoms with Crippen LogP contribution in [0.5, 0.6) is 0 Å². The Morgan fingerprint density at radius 2 is 2.30 bits per heavy atom. The SMILES string of the molecule is CC(C)C[C@H](N)C(=O)N=S(=O)(NC=O)c1cc(Cl)cs1.C[C@@H]1C[C@H](O)CN1. The zero-order valence-electron chi connectivity index (χ0n) is 15.6. The fourth-order valence-electron chi connectivity index (χ4n) is 2.35. The van der Waals surface area contributed by atoms with Gasteiger partial charge in [0, 0.05) is 18.0 Å². The van der Waals surface area contributed by atoms with E-state index in [0.29, 0.717) is 17.5 Å². The van der Waals surface area contributed by atoms with Gasteiger partial charge < -0.3 is 16.2 Å². The second kappa shape index (κ2) is 11.1. The molecule has 0 saturated carbocycles. The third kappa shape index (κ3) is 8.24. The number of aliphatic hydroxyl groups is 1. The van der Waals surface area contributed by atoms with Crippen molar-refractivity contribution < 1.29 is 18.9 Å². The van der Waals surface area contributed by atoms with E-state index in [1.165, 1.54) is 11.4 Å². The van der Waals surface area contributed by atoms with E-state index in [-0.39, 0.29) is 22.6 Å². The topological polar surface area (TPSA) is 134 Å². The predicted octanol–water partition coefficient (Wildman–Crippen LogP) is 1.52. The van der Waals surface area contributed by atoms with Crippen molar-refractivity contribution >= 4 is 45.2 Å². The molecule has 154 valence electrons. The molecule has 1 aromatic rings. The quantitative estimate of drug-likeness (QED) is 0.497. The van der Waals surface area contributed by atoms with Gasteiger partial charge in [-0.1, -0.05) is 25.4 Å². The van der Waals surface area contributed by atoms with E-state index in [1.807, 2.05) is 13.8 Å². The summed E-state index contributed by atoms with van der Waals surface area (Å²) in [7, 11) is -3.37.